The lowest BCUT2D eigenvalue weighted by atomic mass is 10.2. The van der Waals surface area contributed by atoms with Gasteiger partial charge in [-0.3, -0.25) is 4.98 Å². The molecule has 1 heterocycles. The van der Waals surface area contributed by atoms with Crippen molar-refractivity contribution < 1.29 is 0 Å². The summed E-state index contributed by atoms with van der Waals surface area (Å²) in [5.41, 5.74) is 6.67. The van der Waals surface area contributed by atoms with Crippen LogP contribution in [0.5, 0.6) is 0 Å². The normalized spacial score (nSPS) is 27.2. The summed E-state index contributed by atoms with van der Waals surface area (Å²) >= 11 is 5.72. The van der Waals surface area contributed by atoms with Crippen molar-refractivity contribution in [3.63, 3.8) is 0 Å². The van der Waals surface area contributed by atoms with Crippen LogP contribution < -0.4 is 5.73 Å². The molecule has 2 atom stereocenters. The average molecular weight is 183 g/mol. The van der Waals surface area contributed by atoms with Gasteiger partial charge in [0.1, 0.15) is 0 Å². The van der Waals surface area contributed by atoms with Crippen LogP contribution in [0.3, 0.4) is 0 Å². The zero-order valence-corrected chi connectivity index (χ0v) is 7.46. The van der Waals surface area contributed by atoms with Gasteiger partial charge in [-0.05, 0) is 31.0 Å². The molecule has 2 rings (SSSR count). The predicted molar refractivity (Wildman–Crippen MR) is 49.1 cm³/mol. The van der Waals surface area contributed by atoms with Crippen molar-refractivity contribution in [3.05, 3.63) is 29.0 Å². The summed E-state index contributed by atoms with van der Waals surface area (Å²) in [5.74, 6) is 1.24. The molecule has 2 nitrogen and oxygen atoms in total. The number of rotatable bonds is 2. The fraction of sp³-hybridized carbons (Fsp3) is 0.444. The first-order valence-corrected chi connectivity index (χ1v) is 4.50. The smallest absolute Gasteiger partial charge is 0.0589 e. The van der Waals surface area contributed by atoms with Crippen molar-refractivity contribution in [1.82, 2.24) is 4.98 Å². The van der Waals surface area contributed by atoms with Gasteiger partial charge in [-0.15, -0.1) is 0 Å². The summed E-state index contributed by atoms with van der Waals surface area (Å²) in [5, 5.41) is 0.698. The number of nitrogens with two attached hydrogens (primary N) is 1. The first kappa shape index (κ1) is 8.02. The zero-order chi connectivity index (χ0) is 8.55. The summed E-state index contributed by atoms with van der Waals surface area (Å²) < 4.78 is 0. The van der Waals surface area contributed by atoms with E-state index in [0.717, 1.165) is 12.2 Å². The highest BCUT2D eigenvalue weighted by atomic mass is 35.5. The van der Waals surface area contributed by atoms with Crippen LogP contribution in [0.25, 0.3) is 0 Å². The Morgan fingerprint density at radius 1 is 1.58 bits per heavy atom. The lowest BCUT2D eigenvalue weighted by Gasteiger charge is -1.97. The molecule has 1 aliphatic rings. The molecule has 1 aromatic rings. The Morgan fingerprint density at radius 3 is 2.92 bits per heavy atom. The van der Waals surface area contributed by atoms with Crippen molar-refractivity contribution in [1.29, 1.82) is 0 Å². The minimum atomic E-state index is 0.590. The van der Waals surface area contributed by atoms with Crippen LogP contribution in [0.15, 0.2) is 18.3 Å². The molecule has 64 valence electrons. The lowest BCUT2D eigenvalue weighted by Crippen LogP contribution is -2.02. The molecular formula is C9H11ClN2. The van der Waals surface area contributed by atoms with E-state index in [1.54, 1.807) is 6.20 Å². The van der Waals surface area contributed by atoms with Gasteiger partial charge < -0.3 is 5.73 Å². The summed E-state index contributed by atoms with van der Waals surface area (Å²) in [6, 6.07) is 3.87. The van der Waals surface area contributed by atoms with Crippen molar-refractivity contribution in [3.8, 4) is 0 Å². The van der Waals surface area contributed by atoms with Crippen LogP contribution in [0.4, 0.5) is 0 Å². The molecule has 1 aliphatic carbocycles. The molecule has 1 fully saturated rings. The largest absolute Gasteiger partial charge is 0.330 e. The monoisotopic (exact) mass is 182 g/mol. The summed E-state index contributed by atoms with van der Waals surface area (Å²) in [6.07, 6.45) is 2.88. The van der Waals surface area contributed by atoms with E-state index >= 15 is 0 Å². The van der Waals surface area contributed by atoms with Crippen LogP contribution >= 0.6 is 11.6 Å². The fourth-order valence-corrected chi connectivity index (χ4v) is 1.59. The Hall–Kier alpha value is -0.600. The maximum Gasteiger partial charge on any atom is 0.0589 e. The van der Waals surface area contributed by atoms with E-state index in [1.165, 1.54) is 6.42 Å². The first-order chi connectivity index (χ1) is 5.81. The third kappa shape index (κ3) is 1.45. The molecule has 12 heavy (non-hydrogen) atoms. The third-order valence-corrected chi connectivity index (χ3v) is 2.58. The predicted octanol–water partition coefficient (Wildman–Crippen LogP) is 1.80. The van der Waals surface area contributed by atoms with E-state index in [1.807, 2.05) is 12.1 Å². The second-order valence-electron chi connectivity index (χ2n) is 3.24. The van der Waals surface area contributed by atoms with Gasteiger partial charge in [0.25, 0.3) is 0 Å². The number of hydrogen-bond acceptors (Lipinski definition) is 2. The number of aromatic nitrogens is 1. The molecule has 1 aromatic heterocycles. The molecule has 0 spiro atoms. The van der Waals surface area contributed by atoms with E-state index < -0.39 is 0 Å². The molecule has 0 radical (unpaired) electrons. The van der Waals surface area contributed by atoms with Gasteiger partial charge in [-0.1, -0.05) is 11.6 Å². The molecule has 0 bridgehead atoms. The Bertz CT molecular complexity index is 270. The Balaban J connectivity index is 2.10. The fourth-order valence-electron chi connectivity index (χ4n) is 1.48. The van der Waals surface area contributed by atoms with Gasteiger partial charge in [0.15, 0.2) is 0 Å². The van der Waals surface area contributed by atoms with Crippen LogP contribution in [0, 0.1) is 5.92 Å². The highest BCUT2D eigenvalue weighted by Crippen LogP contribution is 2.45. The second kappa shape index (κ2) is 3.04. The van der Waals surface area contributed by atoms with Gasteiger partial charge in [0.05, 0.1) is 5.02 Å². The van der Waals surface area contributed by atoms with E-state index in [-0.39, 0.29) is 0 Å². The van der Waals surface area contributed by atoms with Crippen LogP contribution in [-0.2, 0) is 0 Å². The van der Waals surface area contributed by atoms with Gasteiger partial charge in [0.2, 0.25) is 0 Å². The summed E-state index contributed by atoms with van der Waals surface area (Å²) in [7, 11) is 0. The number of nitrogens with zero attached hydrogens (tertiary/aromatic N) is 1. The van der Waals surface area contributed by atoms with Crippen molar-refractivity contribution >= 4 is 11.6 Å². The van der Waals surface area contributed by atoms with E-state index in [2.05, 4.69) is 4.98 Å². The van der Waals surface area contributed by atoms with Crippen molar-refractivity contribution in [2.45, 2.75) is 12.3 Å². The molecule has 0 saturated heterocycles. The van der Waals surface area contributed by atoms with Crippen molar-refractivity contribution in [2.24, 2.45) is 11.7 Å². The number of halogens is 1. The number of pyridine rings is 1. The summed E-state index contributed by atoms with van der Waals surface area (Å²) in [6.45, 7) is 0.773. The van der Waals surface area contributed by atoms with E-state index in [4.69, 9.17) is 17.3 Å². The maximum absolute atomic E-state index is 5.72. The van der Waals surface area contributed by atoms with Crippen molar-refractivity contribution in [2.75, 3.05) is 6.54 Å². The van der Waals surface area contributed by atoms with Crippen LogP contribution in [-0.4, -0.2) is 11.5 Å². The topological polar surface area (TPSA) is 38.9 Å². The standard InChI is InChI=1S/C9H11ClN2/c10-7-1-2-9(12-5-7)8-3-6(8)4-11/h1-2,5-6,8H,3-4,11H2. The molecule has 2 N–H and O–H groups in total. The lowest BCUT2D eigenvalue weighted by molar-refractivity contribution is 0.797. The molecule has 0 aliphatic heterocycles. The highest BCUT2D eigenvalue weighted by molar-refractivity contribution is 6.30. The quantitative estimate of drug-likeness (QED) is 0.758. The minimum absolute atomic E-state index is 0.590. The molecule has 1 saturated carbocycles. The molecule has 0 amide bonds. The number of hydrogen-bond donors (Lipinski definition) is 1. The summed E-state index contributed by atoms with van der Waals surface area (Å²) in [4.78, 5) is 4.25. The minimum Gasteiger partial charge on any atom is -0.330 e. The Morgan fingerprint density at radius 2 is 2.42 bits per heavy atom. The SMILES string of the molecule is NCC1CC1c1ccc(Cl)cn1. The Labute approximate surface area is 76.7 Å². The molecular weight excluding hydrogens is 172 g/mol. The zero-order valence-electron chi connectivity index (χ0n) is 6.70. The van der Waals surface area contributed by atoms with E-state index in [0.29, 0.717) is 16.9 Å². The molecule has 0 aromatic carbocycles. The molecule has 2 unspecified atom stereocenters. The van der Waals surface area contributed by atoms with Gasteiger partial charge in [-0.2, -0.15) is 0 Å². The Kier molecular flexibility index (Phi) is 2.03. The molecule has 3 heteroatoms. The van der Waals surface area contributed by atoms with Crippen LogP contribution in [0.2, 0.25) is 5.02 Å². The van der Waals surface area contributed by atoms with Gasteiger partial charge in [0, 0.05) is 17.8 Å². The first-order valence-electron chi connectivity index (χ1n) is 4.13. The third-order valence-electron chi connectivity index (χ3n) is 2.36. The average Bonchev–Trinajstić information content (AvgIpc) is 2.85. The highest BCUT2D eigenvalue weighted by Gasteiger charge is 2.37. The van der Waals surface area contributed by atoms with E-state index in [9.17, 15) is 0 Å². The van der Waals surface area contributed by atoms with Crippen LogP contribution in [0.1, 0.15) is 18.0 Å². The maximum atomic E-state index is 5.72. The second-order valence-corrected chi connectivity index (χ2v) is 3.68. The van der Waals surface area contributed by atoms with Gasteiger partial charge in [-0.25, -0.2) is 0 Å². The van der Waals surface area contributed by atoms with Gasteiger partial charge >= 0.3 is 0 Å².